The quantitative estimate of drug-likeness (QED) is 0.586. The Morgan fingerprint density at radius 3 is 2.32 bits per heavy atom. The van der Waals surface area contributed by atoms with Crippen LogP contribution >= 0.6 is 0 Å². The number of aromatic nitrogens is 3. The molecule has 11 heteroatoms. The number of rotatable bonds is 4. The van der Waals surface area contributed by atoms with Gasteiger partial charge in [0.2, 0.25) is 11.7 Å². The average Bonchev–Trinajstić information content (AvgIpc) is 3.27. The number of benzene rings is 1. The van der Waals surface area contributed by atoms with E-state index < -0.39 is 12.1 Å². The third-order valence-corrected chi connectivity index (χ3v) is 4.90. The van der Waals surface area contributed by atoms with Crippen LogP contribution in [0.15, 0.2) is 47.1 Å². The fraction of sp³-hybridized carbons (Fsp3) is 0.300. The standard InChI is InChI=1S/C20H17F4N5O2/c21-15-4-1-13(2-5-15)11-17(30)29-9-7-28(8-10-29)16-6-3-14(12-25-16)18-26-19(31-27-18)20(22,23)24/h1-6,12H,7-11H2. The number of anilines is 1. The molecular weight excluding hydrogens is 418 g/mol. The van der Waals surface area contributed by atoms with E-state index in [4.69, 9.17) is 0 Å². The highest BCUT2D eigenvalue weighted by atomic mass is 19.4. The molecule has 1 fully saturated rings. The number of hydrogen-bond donors (Lipinski definition) is 0. The van der Waals surface area contributed by atoms with E-state index in [-0.39, 0.29) is 24.0 Å². The Hall–Kier alpha value is -3.50. The second-order valence-electron chi connectivity index (χ2n) is 7.00. The first-order chi connectivity index (χ1) is 14.8. The summed E-state index contributed by atoms with van der Waals surface area (Å²) in [5, 5.41) is 3.34. The van der Waals surface area contributed by atoms with Gasteiger partial charge in [-0.15, -0.1) is 0 Å². The lowest BCUT2D eigenvalue weighted by Crippen LogP contribution is -2.49. The summed E-state index contributed by atoms with van der Waals surface area (Å²) in [4.78, 5) is 23.8. The zero-order chi connectivity index (χ0) is 22.0. The summed E-state index contributed by atoms with van der Waals surface area (Å²) in [5.74, 6) is -1.35. The first-order valence-corrected chi connectivity index (χ1v) is 9.44. The SMILES string of the molecule is O=C(Cc1ccc(F)cc1)N1CCN(c2ccc(-c3noc(C(F)(F)F)n3)cn2)CC1. The van der Waals surface area contributed by atoms with Crippen molar-refractivity contribution in [1.29, 1.82) is 0 Å². The Labute approximate surface area is 174 Å². The zero-order valence-electron chi connectivity index (χ0n) is 16.1. The van der Waals surface area contributed by atoms with Gasteiger partial charge >= 0.3 is 12.1 Å². The van der Waals surface area contributed by atoms with E-state index in [9.17, 15) is 22.4 Å². The van der Waals surface area contributed by atoms with Gasteiger partial charge in [-0.1, -0.05) is 17.3 Å². The van der Waals surface area contributed by atoms with Crippen LogP contribution < -0.4 is 4.90 Å². The summed E-state index contributed by atoms with van der Waals surface area (Å²) < 4.78 is 55.0. The molecule has 7 nitrogen and oxygen atoms in total. The highest BCUT2D eigenvalue weighted by Crippen LogP contribution is 2.29. The highest BCUT2D eigenvalue weighted by Gasteiger charge is 2.38. The minimum atomic E-state index is -4.70. The van der Waals surface area contributed by atoms with Crippen LogP contribution in [-0.4, -0.2) is 52.1 Å². The maximum atomic E-state index is 13.0. The largest absolute Gasteiger partial charge is 0.471 e. The molecule has 4 rings (SSSR count). The molecule has 0 unspecified atom stereocenters. The van der Waals surface area contributed by atoms with E-state index in [1.165, 1.54) is 18.3 Å². The van der Waals surface area contributed by atoms with Crippen molar-refractivity contribution in [2.45, 2.75) is 12.6 Å². The molecule has 2 aromatic heterocycles. The minimum absolute atomic E-state index is 0.0351. The molecule has 0 aliphatic carbocycles. The van der Waals surface area contributed by atoms with Crippen molar-refractivity contribution < 1.29 is 26.9 Å². The van der Waals surface area contributed by atoms with Crippen molar-refractivity contribution in [3.8, 4) is 11.4 Å². The number of hydrogen-bond acceptors (Lipinski definition) is 6. The first kappa shape index (κ1) is 20.8. The predicted molar refractivity (Wildman–Crippen MR) is 101 cm³/mol. The third-order valence-electron chi connectivity index (χ3n) is 4.90. The number of amides is 1. The van der Waals surface area contributed by atoms with Crippen LogP contribution in [0.3, 0.4) is 0 Å². The second kappa shape index (κ2) is 8.32. The highest BCUT2D eigenvalue weighted by molar-refractivity contribution is 5.79. The van der Waals surface area contributed by atoms with E-state index in [0.717, 1.165) is 5.56 Å². The van der Waals surface area contributed by atoms with Crippen molar-refractivity contribution >= 4 is 11.7 Å². The third kappa shape index (κ3) is 4.81. The molecule has 162 valence electrons. The summed E-state index contributed by atoms with van der Waals surface area (Å²) in [7, 11) is 0. The van der Waals surface area contributed by atoms with E-state index in [1.807, 2.05) is 4.90 Å². The van der Waals surface area contributed by atoms with Gasteiger partial charge in [-0.3, -0.25) is 4.79 Å². The Morgan fingerprint density at radius 1 is 1.03 bits per heavy atom. The molecule has 0 N–H and O–H groups in total. The molecule has 1 aliphatic heterocycles. The molecule has 1 aromatic carbocycles. The van der Waals surface area contributed by atoms with Crippen LogP contribution in [0.2, 0.25) is 0 Å². The molecular formula is C20H17F4N5O2. The Balaban J connectivity index is 1.34. The molecule has 0 atom stereocenters. The number of halogens is 4. The Kier molecular flexibility index (Phi) is 5.57. The lowest BCUT2D eigenvalue weighted by Gasteiger charge is -2.35. The molecule has 1 aliphatic rings. The van der Waals surface area contributed by atoms with Crippen LogP contribution in [-0.2, 0) is 17.4 Å². The van der Waals surface area contributed by atoms with E-state index in [1.54, 1.807) is 29.2 Å². The van der Waals surface area contributed by atoms with Crippen molar-refractivity contribution in [2.75, 3.05) is 31.1 Å². The molecule has 0 saturated carbocycles. The van der Waals surface area contributed by atoms with Crippen LogP contribution in [0.5, 0.6) is 0 Å². The van der Waals surface area contributed by atoms with E-state index in [0.29, 0.717) is 37.6 Å². The lowest BCUT2D eigenvalue weighted by molar-refractivity contribution is -0.159. The summed E-state index contributed by atoms with van der Waals surface area (Å²) in [6.45, 7) is 2.12. The molecule has 0 spiro atoms. The molecule has 3 aromatic rings. The topological polar surface area (TPSA) is 75.4 Å². The van der Waals surface area contributed by atoms with Gasteiger partial charge in [-0.05, 0) is 29.8 Å². The summed E-state index contributed by atoms with van der Waals surface area (Å²) in [6.07, 6.45) is -3.11. The van der Waals surface area contributed by atoms with Crippen molar-refractivity contribution in [2.24, 2.45) is 0 Å². The average molecular weight is 435 g/mol. The predicted octanol–water partition coefficient (Wildman–Crippen LogP) is 3.18. The smallest absolute Gasteiger partial charge is 0.353 e. The van der Waals surface area contributed by atoms with Gasteiger partial charge in [0, 0.05) is 37.9 Å². The molecule has 1 amide bonds. The van der Waals surface area contributed by atoms with Crippen molar-refractivity contribution in [3.05, 3.63) is 59.9 Å². The van der Waals surface area contributed by atoms with Gasteiger partial charge in [0.05, 0.1) is 6.42 Å². The number of nitrogens with zero attached hydrogens (tertiary/aromatic N) is 5. The molecule has 0 bridgehead atoms. The van der Waals surface area contributed by atoms with Crippen LogP contribution in [0.1, 0.15) is 11.5 Å². The lowest BCUT2D eigenvalue weighted by atomic mass is 10.1. The summed E-state index contributed by atoms with van der Waals surface area (Å²) in [6, 6.07) is 9.07. The van der Waals surface area contributed by atoms with Gasteiger partial charge in [-0.25, -0.2) is 9.37 Å². The van der Waals surface area contributed by atoms with Crippen LogP contribution in [0.25, 0.3) is 11.4 Å². The molecule has 31 heavy (non-hydrogen) atoms. The van der Waals surface area contributed by atoms with Crippen molar-refractivity contribution in [3.63, 3.8) is 0 Å². The molecule has 1 saturated heterocycles. The fourth-order valence-corrected chi connectivity index (χ4v) is 3.23. The fourth-order valence-electron chi connectivity index (χ4n) is 3.23. The summed E-state index contributed by atoms with van der Waals surface area (Å²) >= 11 is 0. The van der Waals surface area contributed by atoms with Gasteiger partial charge in [0.25, 0.3) is 0 Å². The first-order valence-electron chi connectivity index (χ1n) is 9.44. The maximum Gasteiger partial charge on any atom is 0.471 e. The Morgan fingerprint density at radius 2 is 1.74 bits per heavy atom. The van der Waals surface area contributed by atoms with Crippen LogP contribution in [0.4, 0.5) is 23.4 Å². The Bertz CT molecular complexity index is 1040. The number of alkyl halides is 3. The minimum Gasteiger partial charge on any atom is -0.353 e. The van der Waals surface area contributed by atoms with Crippen molar-refractivity contribution in [1.82, 2.24) is 20.0 Å². The molecule has 0 radical (unpaired) electrons. The molecule has 3 heterocycles. The van der Waals surface area contributed by atoms with Gasteiger partial charge in [0.1, 0.15) is 11.6 Å². The number of piperazine rings is 1. The number of carbonyl (C=O) groups excluding carboxylic acids is 1. The number of carbonyl (C=O) groups is 1. The number of pyridine rings is 1. The monoisotopic (exact) mass is 435 g/mol. The zero-order valence-corrected chi connectivity index (χ0v) is 16.1. The second-order valence-corrected chi connectivity index (χ2v) is 7.00. The summed E-state index contributed by atoms with van der Waals surface area (Å²) in [5.41, 5.74) is 1.05. The van der Waals surface area contributed by atoms with Gasteiger partial charge in [0.15, 0.2) is 0 Å². The maximum absolute atomic E-state index is 13.0. The van der Waals surface area contributed by atoms with Crippen LogP contribution in [0, 0.1) is 5.82 Å². The van der Waals surface area contributed by atoms with E-state index >= 15 is 0 Å². The van der Waals surface area contributed by atoms with Gasteiger partial charge in [-0.2, -0.15) is 18.2 Å². The normalized spacial score (nSPS) is 14.7. The van der Waals surface area contributed by atoms with E-state index in [2.05, 4.69) is 19.6 Å². The van der Waals surface area contributed by atoms with Gasteiger partial charge < -0.3 is 14.3 Å².